The predicted octanol–water partition coefficient (Wildman–Crippen LogP) is 1.67. The largest absolute Gasteiger partial charge is 0.491 e. The van der Waals surface area contributed by atoms with Gasteiger partial charge in [0.05, 0.1) is 54.4 Å². The number of aromatic nitrogens is 3. The maximum atomic E-state index is 13.4. The molecule has 2 bridgehead atoms. The minimum atomic E-state index is -0.470. The van der Waals surface area contributed by atoms with Gasteiger partial charge in [-0.1, -0.05) is 0 Å². The number of nitrogens with zero attached hydrogens (tertiary/aromatic N) is 8. The van der Waals surface area contributed by atoms with Gasteiger partial charge in [-0.2, -0.15) is 10.4 Å². The van der Waals surface area contributed by atoms with Crippen LogP contribution in [0.3, 0.4) is 0 Å². The van der Waals surface area contributed by atoms with Crippen LogP contribution < -0.4 is 9.64 Å². The second kappa shape index (κ2) is 9.79. The van der Waals surface area contributed by atoms with E-state index in [1.165, 1.54) is 0 Å². The molecule has 3 aromatic rings. The summed E-state index contributed by atoms with van der Waals surface area (Å²) in [6.45, 7) is 7.66. The van der Waals surface area contributed by atoms with Gasteiger partial charge in [0.15, 0.2) is 0 Å². The van der Waals surface area contributed by atoms with Crippen molar-refractivity contribution in [2.24, 2.45) is 17.8 Å². The quantitative estimate of drug-likeness (QED) is 0.453. The number of amides is 2. The molecule has 7 fully saturated rings. The van der Waals surface area contributed by atoms with Crippen LogP contribution in [0.4, 0.5) is 10.6 Å². The van der Waals surface area contributed by atoms with Crippen molar-refractivity contribution in [1.29, 1.82) is 5.26 Å². The summed E-state index contributed by atoms with van der Waals surface area (Å²) in [6, 6.07) is 8.92. The summed E-state index contributed by atoms with van der Waals surface area (Å²) in [5.74, 6) is 2.97. The second-order valence-corrected chi connectivity index (χ2v) is 13.6. The Labute approximate surface area is 255 Å². The van der Waals surface area contributed by atoms with Gasteiger partial charge in [0.1, 0.15) is 24.2 Å². The molecule has 3 aromatic heterocycles. The molecule has 1 saturated carbocycles. The van der Waals surface area contributed by atoms with E-state index in [-0.39, 0.29) is 18.1 Å². The van der Waals surface area contributed by atoms with Crippen molar-refractivity contribution in [3.05, 3.63) is 42.4 Å². The van der Waals surface area contributed by atoms with Gasteiger partial charge in [0.2, 0.25) is 0 Å². The van der Waals surface area contributed by atoms with Crippen LogP contribution in [0.1, 0.15) is 18.4 Å². The number of hydrogen-bond donors (Lipinski definition) is 1. The average molecular weight is 597 g/mol. The molecule has 1 aliphatic carbocycles. The number of β-amino-alcohol motifs (C(OH)–C–C–N with tert-alkyl or cyclic N) is 1. The van der Waals surface area contributed by atoms with Gasteiger partial charge in [-0.25, -0.2) is 14.3 Å². The molecule has 10 rings (SSSR count). The Bertz CT molecular complexity index is 1650. The van der Waals surface area contributed by atoms with Crippen molar-refractivity contribution >= 4 is 17.4 Å². The van der Waals surface area contributed by atoms with Gasteiger partial charge >= 0.3 is 6.03 Å². The topological polar surface area (TPSA) is 123 Å². The molecule has 6 aliphatic heterocycles. The number of carbonyl (C=O) groups is 1. The van der Waals surface area contributed by atoms with E-state index in [0.717, 1.165) is 94.3 Å². The maximum Gasteiger partial charge on any atom is 0.320 e. The van der Waals surface area contributed by atoms with Crippen LogP contribution in [0.15, 0.2) is 36.8 Å². The van der Waals surface area contributed by atoms with Gasteiger partial charge in [-0.3, -0.25) is 4.90 Å². The molecular weight excluding hydrogens is 560 g/mol. The first-order valence-corrected chi connectivity index (χ1v) is 15.8. The number of hydrogen-bond acceptors (Lipinski definition) is 9. The maximum absolute atomic E-state index is 13.4. The summed E-state index contributed by atoms with van der Waals surface area (Å²) in [4.78, 5) is 26.9. The highest BCUT2D eigenvalue weighted by molar-refractivity contribution is 5.85. The van der Waals surface area contributed by atoms with E-state index in [9.17, 15) is 15.2 Å². The van der Waals surface area contributed by atoms with E-state index >= 15 is 0 Å². The highest BCUT2D eigenvalue weighted by Crippen LogP contribution is 2.49. The van der Waals surface area contributed by atoms with Gasteiger partial charge in [0, 0.05) is 80.9 Å². The van der Waals surface area contributed by atoms with Crippen LogP contribution in [0, 0.1) is 29.1 Å². The number of nitriles is 1. The Morgan fingerprint density at radius 1 is 1.14 bits per heavy atom. The smallest absolute Gasteiger partial charge is 0.320 e. The van der Waals surface area contributed by atoms with E-state index in [4.69, 9.17) is 14.5 Å². The monoisotopic (exact) mass is 596 g/mol. The lowest BCUT2D eigenvalue weighted by molar-refractivity contribution is 0.0191. The summed E-state index contributed by atoms with van der Waals surface area (Å²) in [7, 11) is 0. The summed E-state index contributed by atoms with van der Waals surface area (Å²) in [6.07, 6.45) is 7.22. The molecule has 2 amide bonds. The van der Waals surface area contributed by atoms with Crippen molar-refractivity contribution < 1.29 is 19.4 Å². The van der Waals surface area contributed by atoms with Crippen molar-refractivity contribution in [3.8, 4) is 22.9 Å². The third-order valence-electron chi connectivity index (χ3n) is 10.9. The highest BCUT2D eigenvalue weighted by Gasteiger charge is 2.58. The van der Waals surface area contributed by atoms with Crippen LogP contribution in [0.5, 0.6) is 5.75 Å². The summed E-state index contributed by atoms with van der Waals surface area (Å²) < 4.78 is 13.4. The SMILES string of the molecule is N#Cc1cnn2cc(OCCN3CC4CC4(O)C3)cc(-c3ccc(N4CC5CC(C4)N5C(=O)N4CC5COCC5C4)nc3)c12. The molecule has 6 unspecified atom stereocenters. The minimum Gasteiger partial charge on any atom is -0.491 e. The van der Waals surface area contributed by atoms with E-state index in [1.807, 2.05) is 35.5 Å². The summed E-state index contributed by atoms with van der Waals surface area (Å²) in [5.41, 5.74) is 2.47. The number of urea groups is 1. The van der Waals surface area contributed by atoms with Crippen LogP contribution >= 0.6 is 0 Å². The molecular formula is C32H36N8O4. The molecule has 12 nitrogen and oxygen atoms in total. The molecule has 12 heteroatoms. The summed E-state index contributed by atoms with van der Waals surface area (Å²) in [5, 5.41) is 24.5. The molecule has 6 atom stereocenters. The Morgan fingerprint density at radius 2 is 1.95 bits per heavy atom. The van der Waals surface area contributed by atoms with E-state index in [1.54, 1.807) is 10.7 Å². The lowest BCUT2D eigenvalue weighted by Crippen LogP contribution is -2.72. The molecule has 9 heterocycles. The first-order chi connectivity index (χ1) is 21.5. The van der Waals surface area contributed by atoms with E-state index in [2.05, 4.69) is 25.9 Å². The third kappa shape index (κ3) is 4.24. The number of rotatable bonds is 6. The minimum absolute atomic E-state index is 0.193. The van der Waals surface area contributed by atoms with Crippen LogP contribution in [-0.4, -0.2) is 124 Å². The summed E-state index contributed by atoms with van der Waals surface area (Å²) >= 11 is 0. The number of piperazine rings is 1. The lowest BCUT2D eigenvalue weighted by Gasteiger charge is -2.57. The Hall–Kier alpha value is -3.92. The van der Waals surface area contributed by atoms with Gasteiger partial charge in [-0.15, -0.1) is 0 Å². The third-order valence-corrected chi connectivity index (χ3v) is 10.9. The Morgan fingerprint density at radius 3 is 2.66 bits per heavy atom. The number of carbonyl (C=O) groups excluding carboxylic acids is 1. The first-order valence-electron chi connectivity index (χ1n) is 15.8. The number of pyridine rings is 2. The van der Waals surface area contributed by atoms with Gasteiger partial charge < -0.3 is 29.3 Å². The number of piperidine rings is 2. The highest BCUT2D eigenvalue weighted by atomic mass is 16.5. The zero-order valence-electron chi connectivity index (χ0n) is 24.6. The van der Waals surface area contributed by atoms with Crippen molar-refractivity contribution in [2.75, 3.05) is 70.5 Å². The fraction of sp³-hybridized carbons (Fsp3) is 0.562. The number of fused-ring (bicyclic) bond motifs is 5. The zero-order chi connectivity index (χ0) is 29.6. The van der Waals surface area contributed by atoms with Crippen LogP contribution in [-0.2, 0) is 4.74 Å². The molecule has 44 heavy (non-hydrogen) atoms. The van der Waals surface area contributed by atoms with E-state index < -0.39 is 5.60 Å². The molecule has 1 N–H and O–H groups in total. The number of likely N-dealkylation sites (tertiary alicyclic amines) is 2. The van der Waals surface area contributed by atoms with Crippen molar-refractivity contribution in [3.63, 3.8) is 0 Å². The van der Waals surface area contributed by atoms with Gasteiger partial charge in [0.25, 0.3) is 0 Å². The normalized spacial score (nSPS) is 32.0. The Kier molecular flexibility index (Phi) is 5.89. The fourth-order valence-electron chi connectivity index (χ4n) is 8.35. The predicted molar refractivity (Wildman–Crippen MR) is 159 cm³/mol. The number of ether oxygens (including phenoxy) is 2. The zero-order valence-corrected chi connectivity index (χ0v) is 24.6. The molecule has 7 aliphatic rings. The number of aliphatic hydroxyl groups is 1. The molecule has 0 spiro atoms. The van der Waals surface area contributed by atoms with Crippen LogP contribution in [0.2, 0.25) is 0 Å². The lowest BCUT2D eigenvalue weighted by atomic mass is 9.87. The molecule has 228 valence electrons. The standard InChI is InChI=1S/C32H36N8O4/c33-8-21-10-35-39-16-27(44-4-3-36-13-24-7-32(24,42)19-36)6-28(30(21)39)20-1-2-29(34-9-20)37-14-25-5-26(15-37)40(25)31(41)38-11-22-17-43-18-23(22)12-38/h1-2,6,9-10,16,22-26,42H,3-5,7,11-15,17-19H2. The molecule has 0 radical (unpaired) electrons. The van der Waals surface area contributed by atoms with Crippen LogP contribution in [0.25, 0.3) is 16.6 Å². The molecule has 6 saturated heterocycles. The Balaban J connectivity index is 0.888. The number of anilines is 1. The molecule has 0 aromatic carbocycles. The second-order valence-electron chi connectivity index (χ2n) is 13.6. The first kappa shape index (κ1) is 26.5. The average Bonchev–Trinajstić information content (AvgIpc) is 3.55. The van der Waals surface area contributed by atoms with Crippen molar-refractivity contribution in [2.45, 2.75) is 30.5 Å². The fourth-order valence-corrected chi connectivity index (χ4v) is 8.35. The van der Waals surface area contributed by atoms with Crippen molar-refractivity contribution in [1.82, 2.24) is 29.3 Å². The van der Waals surface area contributed by atoms with Gasteiger partial charge in [-0.05, 0) is 31.0 Å². The van der Waals surface area contributed by atoms with E-state index in [0.29, 0.717) is 35.7 Å².